The third-order valence-electron chi connectivity index (χ3n) is 3.30. The summed E-state index contributed by atoms with van der Waals surface area (Å²) < 4.78 is 36.3. The molecule has 3 nitrogen and oxygen atoms in total. The molecule has 2 atom stereocenters. The van der Waals surface area contributed by atoms with E-state index in [1.54, 1.807) is 19.1 Å². The van der Waals surface area contributed by atoms with E-state index in [1.165, 1.54) is 12.1 Å². The van der Waals surface area contributed by atoms with Crippen LogP contribution in [0.2, 0.25) is 0 Å². The standard InChI is InChI=1S/C15H24FNO2S/c1-5-20(18,19)10-12(4)17-15(11(2)3)13-6-8-14(16)9-7-13/h6-9,11-12,15,17H,5,10H2,1-4H3. The highest BCUT2D eigenvalue weighted by molar-refractivity contribution is 7.91. The summed E-state index contributed by atoms with van der Waals surface area (Å²) in [5, 5.41) is 3.34. The summed E-state index contributed by atoms with van der Waals surface area (Å²) in [6.45, 7) is 7.64. The van der Waals surface area contributed by atoms with E-state index in [-0.39, 0.29) is 35.3 Å². The third kappa shape index (κ3) is 5.21. The fraction of sp³-hybridized carbons (Fsp3) is 0.600. The Bertz CT molecular complexity index is 511. The minimum absolute atomic E-state index is 0.0117. The molecule has 0 aliphatic rings. The van der Waals surface area contributed by atoms with E-state index in [1.807, 2.05) is 6.92 Å². The van der Waals surface area contributed by atoms with Gasteiger partial charge in [0, 0.05) is 17.8 Å². The Morgan fingerprint density at radius 1 is 1.15 bits per heavy atom. The van der Waals surface area contributed by atoms with Crippen LogP contribution in [0, 0.1) is 11.7 Å². The van der Waals surface area contributed by atoms with Gasteiger partial charge in [0.05, 0.1) is 5.75 Å². The summed E-state index contributed by atoms with van der Waals surface area (Å²) in [6, 6.07) is 6.22. The molecule has 1 rings (SSSR count). The van der Waals surface area contributed by atoms with Crippen molar-refractivity contribution in [3.8, 4) is 0 Å². The van der Waals surface area contributed by atoms with Gasteiger partial charge < -0.3 is 5.32 Å². The average molecular weight is 301 g/mol. The lowest BCUT2D eigenvalue weighted by Gasteiger charge is -2.27. The molecule has 1 aromatic carbocycles. The fourth-order valence-electron chi connectivity index (χ4n) is 2.20. The maximum absolute atomic E-state index is 13.0. The monoisotopic (exact) mass is 301 g/mol. The van der Waals surface area contributed by atoms with Crippen molar-refractivity contribution in [2.24, 2.45) is 5.92 Å². The smallest absolute Gasteiger partial charge is 0.151 e. The lowest BCUT2D eigenvalue weighted by Crippen LogP contribution is -2.38. The highest BCUT2D eigenvalue weighted by Crippen LogP contribution is 2.22. The molecule has 0 aliphatic carbocycles. The van der Waals surface area contributed by atoms with E-state index in [2.05, 4.69) is 19.2 Å². The molecule has 114 valence electrons. The van der Waals surface area contributed by atoms with E-state index >= 15 is 0 Å². The summed E-state index contributed by atoms with van der Waals surface area (Å²) in [5.41, 5.74) is 0.974. The number of benzene rings is 1. The maximum atomic E-state index is 13.0. The molecule has 0 amide bonds. The number of sulfone groups is 1. The van der Waals surface area contributed by atoms with Crippen LogP contribution in [0.1, 0.15) is 39.3 Å². The fourth-order valence-corrected chi connectivity index (χ4v) is 3.29. The predicted molar refractivity (Wildman–Crippen MR) is 80.9 cm³/mol. The van der Waals surface area contributed by atoms with Crippen LogP contribution in [-0.2, 0) is 9.84 Å². The molecule has 0 fully saturated rings. The van der Waals surface area contributed by atoms with E-state index in [4.69, 9.17) is 0 Å². The molecule has 0 spiro atoms. The summed E-state index contributed by atoms with van der Waals surface area (Å²) in [5.74, 6) is 0.292. The largest absolute Gasteiger partial charge is 0.306 e. The van der Waals surface area contributed by atoms with Gasteiger partial charge in [-0.1, -0.05) is 32.9 Å². The second-order valence-electron chi connectivity index (χ2n) is 5.54. The van der Waals surface area contributed by atoms with Gasteiger partial charge in [-0.15, -0.1) is 0 Å². The Morgan fingerprint density at radius 2 is 1.70 bits per heavy atom. The number of nitrogens with one attached hydrogen (secondary N) is 1. The van der Waals surface area contributed by atoms with Gasteiger partial charge in [-0.05, 0) is 30.5 Å². The lowest BCUT2D eigenvalue weighted by atomic mass is 9.95. The first-order chi connectivity index (χ1) is 9.25. The molecule has 0 radical (unpaired) electrons. The number of rotatable bonds is 7. The molecule has 2 unspecified atom stereocenters. The first-order valence-corrected chi connectivity index (χ1v) is 8.79. The van der Waals surface area contributed by atoms with Crippen molar-refractivity contribution in [3.05, 3.63) is 35.6 Å². The van der Waals surface area contributed by atoms with Crippen LogP contribution in [0.15, 0.2) is 24.3 Å². The Balaban J connectivity index is 2.80. The summed E-state index contributed by atoms with van der Waals surface area (Å²) in [6.07, 6.45) is 0. The molecular formula is C15H24FNO2S. The van der Waals surface area contributed by atoms with Crippen molar-refractivity contribution in [3.63, 3.8) is 0 Å². The molecule has 0 saturated carbocycles. The quantitative estimate of drug-likeness (QED) is 0.842. The molecule has 0 bridgehead atoms. The first kappa shape index (κ1) is 17.1. The average Bonchev–Trinajstić information content (AvgIpc) is 2.36. The molecule has 0 aliphatic heterocycles. The topological polar surface area (TPSA) is 46.2 Å². The van der Waals surface area contributed by atoms with Gasteiger partial charge in [-0.2, -0.15) is 0 Å². The Labute approximate surface area is 121 Å². The van der Waals surface area contributed by atoms with Crippen LogP contribution < -0.4 is 5.32 Å². The zero-order chi connectivity index (χ0) is 15.3. The highest BCUT2D eigenvalue weighted by atomic mass is 32.2. The Morgan fingerprint density at radius 3 is 2.15 bits per heavy atom. The van der Waals surface area contributed by atoms with Gasteiger partial charge in [0.25, 0.3) is 0 Å². The van der Waals surface area contributed by atoms with E-state index in [9.17, 15) is 12.8 Å². The highest BCUT2D eigenvalue weighted by Gasteiger charge is 2.21. The Hall–Kier alpha value is -0.940. The molecule has 5 heteroatoms. The van der Waals surface area contributed by atoms with Crippen LogP contribution >= 0.6 is 0 Å². The molecular weight excluding hydrogens is 277 g/mol. The van der Waals surface area contributed by atoms with Crippen LogP contribution in [-0.4, -0.2) is 26.0 Å². The van der Waals surface area contributed by atoms with Crippen molar-refractivity contribution in [1.29, 1.82) is 0 Å². The zero-order valence-corrected chi connectivity index (χ0v) is 13.4. The lowest BCUT2D eigenvalue weighted by molar-refractivity contribution is 0.381. The maximum Gasteiger partial charge on any atom is 0.151 e. The molecule has 1 N–H and O–H groups in total. The summed E-state index contributed by atoms with van der Waals surface area (Å²) in [7, 11) is -3.00. The van der Waals surface area contributed by atoms with Gasteiger partial charge in [-0.25, -0.2) is 12.8 Å². The SMILES string of the molecule is CCS(=O)(=O)CC(C)NC(c1ccc(F)cc1)C(C)C. The predicted octanol–water partition coefficient (Wildman–Crippen LogP) is 2.94. The van der Waals surface area contributed by atoms with Crippen LogP contribution in [0.25, 0.3) is 0 Å². The van der Waals surface area contributed by atoms with Crippen LogP contribution in [0.3, 0.4) is 0 Å². The minimum Gasteiger partial charge on any atom is -0.306 e. The second-order valence-corrected chi connectivity index (χ2v) is 7.94. The van der Waals surface area contributed by atoms with E-state index in [0.717, 1.165) is 5.56 Å². The Kier molecular flexibility index (Phi) is 6.14. The second kappa shape index (κ2) is 7.18. The third-order valence-corrected chi connectivity index (χ3v) is 5.19. The first-order valence-electron chi connectivity index (χ1n) is 6.97. The number of hydrogen-bond acceptors (Lipinski definition) is 3. The van der Waals surface area contributed by atoms with Gasteiger partial charge in [-0.3, -0.25) is 0 Å². The molecule has 20 heavy (non-hydrogen) atoms. The number of halogens is 1. The van der Waals surface area contributed by atoms with Crippen LogP contribution in [0.4, 0.5) is 4.39 Å². The minimum atomic E-state index is -3.00. The molecule has 0 aromatic heterocycles. The molecule has 0 heterocycles. The van der Waals surface area contributed by atoms with Crippen molar-refractivity contribution >= 4 is 9.84 Å². The molecule has 0 saturated heterocycles. The van der Waals surface area contributed by atoms with Crippen LogP contribution in [0.5, 0.6) is 0 Å². The molecule has 1 aromatic rings. The van der Waals surface area contributed by atoms with Crippen molar-refractivity contribution < 1.29 is 12.8 Å². The van der Waals surface area contributed by atoms with Crippen molar-refractivity contribution in [2.45, 2.75) is 39.8 Å². The normalized spacial score (nSPS) is 15.3. The van der Waals surface area contributed by atoms with Gasteiger partial charge in [0.15, 0.2) is 9.84 Å². The van der Waals surface area contributed by atoms with Gasteiger partial charge in [0.2, 0.25) is 0 Å². The van der Waals surface area contributed by atoms with E-state index < -0.39 is 9.84 Å². The summed E-state index contributed by atoms with van der Waals surface area (Å²) in [4.78, 5) is 0. The van der Waals surface area contributed by atoms with E-state index in [0.29, 0.717) is 0 Å². The van der Waals surface area contributed by atoms with Gasteiger partial charge >= 0.3 is 0 Å². The van der Waals surface area contributed by atoms with Crippen molar-refractivity contribution in [2.75, 3.05) is 11.5 Å². The van der Waals surface area contributed by atoms with Gasteiger partial charge in [0.1, 0.15) is 5.82 Å². The number of hydrogen-bond donors (Lipinski definition) is 1. The summed E-state index contributed by atoms with van der Waals surface area (Å²) >= 11 is 0. The van der Waals surface area contributed by atoms with Crippen molar-refractivity contribution in [1.82, 2.24) is 5.32 Å². The zero-order valence-electron chi connectivity index (χ0n) is 12.6.